The molecule has 2 nitrogen and oxygen atoms in total. The highest BCUT2D eigenvalue weighted by Crippen LogP contribution is 2.27. The average Bonchev–Trinajstić information content (AvgIpc) is 2.19. The summed E-state index contributed by atoms with van der Waals surface area (Å²) >= 11 is 0. The van der Waals surface area contributed by atoms with E-state index in [4.69, 9.17) is 4.74 Å². The van der Waals surface area contributed by atoms with Gasteiger partial charge in [-0.3, -0.25) is 0 Å². The molecule has 2 heteroatoms. The predicted octanol–water partition coefficient (Wildman–Crippen LogP) is 2.56. The van der Waals surface area contributed by atoms with E-state index in [2.05, 4.69) is 0 Å². The van der Waals surface area contributed by atoms with Gasteiger partial charge >= 0.3 is 0 Å². The number of carbonyl (C=O) groups is 1. The maximum absolute atomic E-state index is 10.6. The van der Waals surface area contributed by atoms with Crippen LogP contribution in [0.2, 0.25) is 0 Å². The molecule has 76 valence electrons. The molecule has 13 heavy (non-hydrogen) atoms. The Labute approximate surface area is 80.7 Å². The van der Waals surface area contributed by atoms with Crippen LogP contribution < -0.4 is 0 Å². The fourth-order valence-electron chi connectivity index (χ4n) is 2.13. The van der Waals surface area contributed by atoms with Crippen LogP contribution in [0.1, 0.15) is 45.4 Å². The normalized spacial score (nSPS) is 21.3. The van der Waals surface area contributed by atoms with Crippen molar-refractivity contribution in [3.05, 3.63) is 0 Å². The Morgan fingerprint density at radius 1 is 1.38 bits per heavy atom. The molecule has 1 unspecified atom stereocenters. The Morgan fingerprint density at radius 2 is 2.08 bits per heavy atom. The Morgan fingerprint density at radius 3 is 2.62 bits per heavy atom. The van der Waals surface area contributed by atoms with Gasteiger partial charge in [-0.15, -0.1) is 0 Å². The molecule has 1 fully saturated rings. The lowest BCUT2D eigenvalue weighted by Crippen LogP contribution is -2.20. The molecule has 1 aliphatic carbocycles. The van der Waals surface area contributed by atoms with Crippen LogP contribution in [-0.2, 0) is 9.53 Å². The van der Waals surface area contributed by atoms with E-state index in [1.807, 2.05) is 6.92 Å². The average molecular weight is 184 g/mol. The quantitative estimate of drug-likeness (QED) is 0.614. The van der Waals surface area contributed by atoms with Crippen molar-refractivity contribution < 1.29 is 9.53 Å². The highest BCUT2D eigenvalue weighted by Gasteiger charge is 2.18. The van der Waals surface area contributed by atoms with Gasteiger partial charge in [0, 0.05) is 6.61 Å². The summed E-state index contributed by atoms with van der Waals surface area (Å²) in [6.07, 6.45) is 8.37. The van der Waals surface area contributed by atoms with Gasteiger partial charge in [0.2, 0.25) is 0 Å². The predicted molar refractivity (Wildman–Crippen MR) is 52.7 cm³/mol. The third-order valence-corrected chi connectivity index (χ3v) is 2.82. The second kappa shape index (κ2) is 6.14. The maximum Gasteiger partial charge on any atom is 0.148 e. The van der Waals surface area contributed by atoms with E-state index in [1.165, 1.54) is 32.1 Å². The second-order valence-electron chi connectivity index (χ2n) is 3.87. The van der Waals surface area contributed by atoms with Gasteiger partial charge in [-0.25, -0.2) is 0 Å². The molecule has 0 aromatic rings. The highest BCUT2D eigenvalue weighted by atomic mass is 16.5. The lowest BCUT2D eigenvalue weighted by atomic mass is 9.85. The fourth-order valence-corrected chi connectivity index (χ4v) is 2.13. The van der Waals surface area contributed by atoms with Crippen LogP contribution in [0.15, 0.2) is 0 Å². The van der Waals surface area contributed by atoms with Crippen molar-refractivity contribution in [3.8, 4) is 0 Å². The summed E-state index contributed by atoms with van der Waals surface area (Å²) in [5.74, 6) is 0.732. The lowest BCUT2D eigenvalue weighted by molar-refractivity contribution is -0.119. The molecular formula is C11H20O2. The van der Waals surface area contributed by atoms with E-state index in [1.54, 1.807) is 0 Å². The van der Waals surface area contributed by atoms with Crippen LogP contribution in [0.25, 0.3) is 0 Å². The smallest absolute Gasteiger partial charge is 0.148 e. The molecule has 1 aliphatic rings. The molecule has 0 bridgehead atoms. The minimum absolute atomic E-state index is 0.145. The molecule has 0 radical (unpaired) electrons. The van der Waals surface area contributed by atoms with Crippen molar-refractivity contribution in [2.45, 2.75) is 51.6 Å². The van der Waals surface area contributed by atoms with E-state index >= 15 is 0 Å². The molecule has 1 rings (SSSR count). The molecule has 0 aliphatic heterocycles. The van der Waals surface area contributed by atoms with Crippen molar-refractivity contribution in [2.75, 3.05) is 6.61 Å². The van der Waals surface area contributed by atoms with Gasteiger partial charge in [0.25, 0.3) is 0 Å². The molecule has 0 amide bonds. The van der Waals surface area contributed by atoms with Crippen molar-refractivity contribution in [1.29, 1.82) is 0 Å². The van der Waals surface area contributed by atoms with E-state index in [9.17, 15) is 4.79 Å². The van der Waals surface area contributed by atoms with Gasteiger partial charge < -0.3 is 9.53 Å². The Balaban J connectivity index is 2.22. The van der Waals surface area contributed by atoms with Crippen LogP contribution in [0.4, 0.5) is 0 Å². The molecule has 0 heterocycles. The van der Waals surface area contributed by atoms with Crippen molar-refractivity contribution >= 4 is 6.29 Å². The van der Waals surface area contributed by atoms with Crippen LogP contribution in [0.3, 0.4) is 0 Å². The molecule has 0 aromatic heterocycles. The number of carbonyl (C=O) groups excluding carboxylic acids is 1. The molecule has 1 saturated carbocycles. The van der Waals surface area contributed by atoms with Gasteiger partial charge in [-0.05, 0) is 19.3 Å². The summed E-state index contributed by atoms with van der Waals surface area (Å²) in [4.78, 5) is 10.6. The first kappa shape index (κ1) is 10.7. The third kappa shape index (κ3) is 3.90. The third-order valence-electron chi connectivity index (χ3n) is 2.82. The first-order valence-corrected chi connectivity index (χ1v) is 5.43. The number of aldehydes is 1. The molecule has 0 N–H and O–H groups in total. The van der Waals surface area contributed by atoms with Crippen LogP contribution in [0, 0.1) is 5.92 Å². The number of hydrogen-bond acceptors (Lipinski definition) is 2. The zero-order valence-electron chi connectivity index (χ0n) is 8.50. The number of hydrogen-bond donors (Lipinski definition) is 0. The first-order valence-electron chi connectivity index (χ1n) is 5.43. The zero-order valence-corrected chi connectivity index (χ0v) is 8.50. The minimum atomic E-state index is -0.145. The molecule has 0 spiro atoms. The van der Waals surface area contributed by atoms with Gasteiger partial charge in [-0.2, -0.15) is 0 Å². The largest absolute Gasteiger partial charge is 0.371 e. The first-order chi connectivity index (χ1) is 6.36. The topological polar surface area (TPSA) is 26.3 Å². The summed E-state index contributed by atoms with van der Waals surface area (Å²) in [7, 11) is 0. The van der Waals surface area contributed by atoms with Gasteiger partial charge in [0.15, 0.2) is 0 Å². The molecule has 1 atom stereocenters. The second-order valence-corrected chi connectivity index (χ2v) is 3.87. The van der Waals surface area contributed by atoms with E-state index in [-0.39, 0.29) is 6.10 Å². The number of ether oxygens (including phenoxy) is 1. The Kier molecular flexibility index (Phi) is 5.06. The van der Waals surface area contributed by atoms with E-state index in [0.717, 1.165) is 18.6 Å². The van der Waals surface area contributed by atoms with Gasteiger partial charge in [-0.1, -0.05) is 32.1 Å². The van der Waals surface area contributed by atoms with Crippen LogP contribution in [-0.4, -0.2) is 19.0 Å². The van der Waals surface area contributed by atoms with Gasteiger partial charge in [0.1, 0.15) is 12.4 Å². The summed E-state index contributed by atoms with van der Waals surface area (Å²) in [5.41, 5.74) is 0. The number of rotatable bonds is 5. The summed E-state index contributed by atoms with van der Waals surface area (Å²) in [6.45, 7) is 2.59. The standard InChI is InChI=1S/C11H20O2/c1-2-13-11(9-12)8-10-6-4-3-5-7-10/h9-11H,2-8H2,1H3. The Bertz CT molecular complexity index is 139. The highest BCUT2D eigenvalue weighted by molar-refractivity contribution is 5.55. The van der Waals surface area contributed by atoms with Crippen LogP contribution in [0.5, 0.6) is 0 Å². The SMILES string of the molecule is CCOC(C=O)CC1CCCCC1. The van der Waals surface area contributed by atoms with E-state index < -0.39 is 0 Å². The van der Waals surface area contributed by atoms with Crippen molar-refractivity contribution in [1.82, 2.24) is 0 Å². The molecule has 0 aromatic carbocycles. The minimum Gasteiger partial charge on any atom is -0.371 e. The maximum atomic E-state index is 10.6. The zero-order chi connectivity index (χ0) is 9.52. The summed E-state index contributed by atoms with van der Waals surface area (Å²) in [6, 6.07) is 0. The van der Waals surface area contributed by atoms with E-state index in [0.29, 0.717) is 6.61 Å². The van der Waals surface area contributed by atoms with Gasteiger partial charge in [0.05, 0.1) is 0 Å². The van der Waals surface area contributed by atoms with Crippen molar-refractivity contribution in [2.24, 2.45) is 5.92 Å². The molecule has 0 saturated heterocycles. The molecular weight excluding hydrogens is 164 g/mol. The van der Waals surface area contributed by atoms with Crippen molar-refractivity contribution in [3.63, 3.8) is 0 Å². The summed E-state index contributed by atoms with van der Waals surface area (Å²) in [5, 5.41) is 0. The van der Waals surface area contributed by atoms with Crippen LogP contribution >= 0.6 is 0 Å². The fraction of sp³-hybridized carbons (Fsp3) is 0.909. The summed E-state index contributed by atoms with van der Waals surface area (Å²) < 4.78 is 5.33. The Hall–Kier alpha value is -0.370. The monoisotopic (exact) mass is 184 g/mol. The lowest BCUT2D eigenvalue weighted by Gasteiger charge is -2.23.